The summed E-state index contributed by atoms with van der Waals surface area (Å²) in [4.78, 5) is 18.7. The number of rotatable bonds is 5. The molecular weight excluding hydrogens is 366 g/mol. The van der Waals surface area contributed by atoms with Crippen LogP contribution >= 0.6 is 22.7 Å². The third-order valence-corrected chi connectivity index (χ3v) is 5.47. The summed E-state index contributed by atoms with van der Waals surface area (Å²) >= 11 is 2.95. The second-order valence-electron chi connectivity index (χ2n) is 6.29. The Labute approximate surface area is 158 Å². The molecule has 3 aromatic heterocycles. The first-order valence-electron chi connectivity index (χ1n) is 8.28. The maximum absolute atomic E-state index is 12.5. The topological polar surface area (TPSA) is 56.5 Å². The number of thiophene rings is 1. The van der Waals surface area contributed by atoms with E-state index in [9.17, 15) is 4.79 Å². The number of benzene rings is 1. The second-order valence-corrected chi connectivity index (χ2v) is 8.28. The van der Waals surface area contributed by atoms with Crippen molar-refractivity contribution in [2.45, 2.75) is 13.8 Å². The number of nitrogens with zero attached hydrogens (tertiary/aromatic N) is 3. The maximum Gasteiger partial charge on any atom is 0.291 e. The van der Waals surface area contributed by atoms with E-state index in [2.05, 4.69) is 23.9 Å². The fraction of sp³-hybridized carbons (Fsp3) is 0.211. The molecule has 0 aliphatic rings. The van der Waals surface area contributed by atoms with Gasteiger partial charge < -0.3 is 4.74 Å². The van der Waals surface area contributed by atoms with Gasteiger partial charge in [-0.25, -0.2) is 0 Å². The highest BCUT2D eigenvalue weighted by Gasteiger charge is 2.12. The fourth-order valence-corrected chi connectivity index (χ4v) is 4.05. The number of fused-ring (bicyclic) bond motifs is 1. The Balaban J connectivity index is 1.63. The quantitative estimate of drug-likeness (QED) is 0.530. The molecule has 0 aliphatic heterocycles. The fourth-order valence-electron chi connectivity index (χ4n) is 2.42. The molecule has 0 amide bonds. The summed E-state index contributed by atoms with van der Waals surface area (Å²) < 4.78 is 7.71. The van der Waals surface area contributed by atoms with Crippen LogP contribution in [0.1, 0.15) is 18.7 Å². The van der Waals surface area contributed by atoms with Gasteiger partial charge in [0.2, 0.25) is 4.96 Å². The molecule has 0 N–H and O–H groups in total. The van der Waals surface area contributed by atoms with Crippen molar-refractivity contribution >= 4 is 33.7 Å². The van der Waals surface area contributed by atoms with Crippen LogP contribution in [0.15, 0.2) is 46.6 Å². The van der Waals surface area contributed by atoms with Gasteiger partial charge in [-0.2, -0.15) is 9.50 Å². The van der Waals surface area contributed by atoms with Crippen LogP contribution in [0, 0.1) is 5.92 Å². The lowest BCUT2D eigenvalue weighted by molar-refractivity contribution is 0.271. The van der Waals surface area contributed by atoms with Gasteiger partial charge in [0.15, 0.2) is 5.82 Å². The molecule has 0 bridgehead atoms. The summed E-state index contributed by atoms with van der Waals surface area (Å²) in [6.07, 6.45) is 1.88. The van der Waals surface area contributed by atoms with E-state index in [4.69, 9.17) is 4.74 Å². The van der Waals surface area contributed by atoms with Crippen molar-refractivity contribution in [2.75, 3.05) is 6.61 Å². The predicted molar refractivity (Wildman–Crippen MR) is 106 cm³/mol. The first-order valence-corrected chi connectivity index (χ1v) is 9.98. The zero-order chi connectivity index (χ0) is 18.1. The lowest BCUT2D eigenvalue weighted by Gasteiger charge is -2.08. The van der Waals surface area contributed by atoms with Crippen molar-refractivity contribution in [3.05, 3.63) is 61.5 Å². The highest BCUT2D eigenvalue weighted by Crippen LogP contribution is 2.21. The van der Waals surface area contributed by atoms with Gasteiger partial charge in [-0.1, -0.05) is 31.3 Å². The Bertz CT molecular complexity index is 1130. The van der Waals surface area contributed by atoms with Crippen molar-refractivity contribution in [3.8, 4) is 17.1 Å². The van der Waals surface area contributed by atoms with E-state index in [1.165, 1.54) is 15.9 Å². The molecular formula is C19H17N3O2S2. The van der Waals surface area contributed by atoms with E-state index >= 15 is 0 Å². The summed E-state index contributed by atoms with van der Waals surface area (Å²) in [5.74, 6) is 1.85. The van der Waals surface area contributed by atoms with Gasteiger partial charge in [-0.3, -0.25) is 4.79 Å². The zero-order valence-electron chi connectivity index (χ0n) is 14.4. The van der Waals surface area contributed by atoms with Crippen LogP contribution in [-0.4, -0.2) is 21.2 Å². The molecule has 132 valence electrons. The van der Waals surface area contributed by atoms with E-state index in [0.717, 1.165) is 16.2 Å². The average Bonchev–Trinajstić information content (AvgIpc) is 3.34. The smallest absolute Gasteiger partial charge is 0.291 e. The molecule has 0 saturated carbocycles. The SMILES string of the molecule is CC(C)COc1ccc(-c2nc3sc(=Cc4cccs4)c(=O)n3n2)cc1. The summed E-state index contributed by atoms with van der Waals surface area (Å²) in [5.41, 5.74) is 0.732. The third kappa shape index (κ3) is 3.40. The maximum atomic E-state index is 12.5. The van der Waals surface area contributed by atoms with Crippen LogP contribution in [0.3, 0.4) is 0 Å². The van der Waals surface area contributed by atoms with E-state index in [1.807, 2.05) is 47.9 Å². The minimum Gasteiger partial charge on any atom is -0.493 e. The highest BCUT2D eigenvalue weighted by atomic mass is 32.1. The molecule has 1 aromatic carbocycles. The van der Waals surface area contributed by atoms with Gasteiger partial charge >= 0.3 is 0 Å². The Kier molecular flexibility index (Phi) is 4.57. The number of hydrogen-bond donors (Lipinski definition) is 0. The first kappa shape index (κ1) is 16.9. The van der Waals surface area contributed by atoms with E-state index in [1.54, 1.807) is 11.3 Å². The molecule has 0 unspecified atom stereocenters. The molecule has 26 heavy (non-hydrogen) atoms. The standard InChI is InChI=1S/C19H17N3O2S2/c1-12(2)11-24-14-7-5-13(6-8-14)17-20-19-22(21-17)18(23)16(26-19)10-15-4-3-9-25-15/h3-10,12H,11H2,1-2H3. The van der Waals surface area contributed by atoms with Gasteiger partial charge in [0.05, 0.1) is 11.1 Å². The molecule has 0 radical (unpaired) electrons. The van der Waals surface area contributed by atoms with E-state index in [0.29, 0.717) is 27.8 Å². The van der Waals surface area contributed by atoms with E-state index in [-0.39, 0.29) is 5.56 Å². The summed E-state index contributed by atoms with van der Waals surface area (Å²) in [6.45, 7) is 4.91. The molecule has 0 saturated heterocycles. The van der Waals surface area contributed by atoms with Gasteiger partial charge in [-0.05, 0) is 47.7 Å². The zero-order valence-corrected chi connectivity index (χ0v) is 16.0. The summed E-state index contributed by atoms with van der Waals surface area (Å²) in [5, 5.41) is 6.37. The molecule has 5 nitrogen and oxygen atoms in total. The summed E-state index contributed by atoms with van der Waals surface area (Å²) in [6, 6.07) is 11.6. The Morgan fingerprint density at radius 2 is 2.04 bits per heavy atom. The number of thiazole rings is 1. The molecule has 4 aromatic rings. The van der Waals surface area contributed by atoms with Gasteiger partial charge in [-0.15, -0.1) is 16.4 Å². The molecule has 0 aliphatic carbocycles. The van der Waals surface area contributed by atoms with Crippen molar-refractivity contribution in [1.82, 2.24) is 14.6 Å². The highest BCUT2D eigenvalue weighted by molar-refractivity contribution is 7.15. The van der Waals surface area contributed by atoms with Crippen LogP contribution in [0.2, 0.25) is 0 Å². The monoisotopic (exact) mass is 383 g/mol. The van der Waals surface area contributed by atoms with Crippen LogP contribution in [0.25, 0.3) is 22.4 Å². The lowest BCUT2D eigenvalue weighted by atomic mass is 10.2. The average molecular weight is 383 g/mol. The van der Waals surface area contributed by atoms with Crippen LogP contribution < -0.4 is 14.8 Å². The third-order valence-electron chi connectivity index (χ3n) is 3.69. The molecule has 0 fully saturated rings. The van der Waals surface area contributed by atoms with Crippen molar-refractivity contribution in [1.29, 1.82) is 0 Å². The van der Waals surface area contributed by atoms with Crippen molar-refractivity contribution in [3.63, 3.8) is 0 Å². The number of ether oxygens (including phenoxy) is 1. The minimum absolute atomic E-state index is 0.131. The van der Waals surface area contributed by atoms with Gasteiger partial charge in [0.1, 0.15) is 5.75 Å². The summed E-state index contributed by atoms with van der Waals surface area (Å²) in [7, 11) is 0. The molecule has 4 rings (SSSR count). The number of hydrogen-bond acceptors (Lipinski definition) is 6. The Morgan fingerprint density at radius 3 is 2.69 bits per heavy atom. The van der Waals surface area contributed by atoms with Crippen molar-refractivity contribution in [2.24, 2.45) is 5.92 Å². The van der Waals surface area contributed by atoms with Crippen LogP contribution in [-0.2, 0) is 0 Å². The van der Waals surface area contributed by atoms with Crippen LogP contribution in [0.5, 0.6) is 5.75 Å². The molecule has 0 spiro atoms. The van der Waals surface area contributed by atoms with E-state index < -0.39 is 0 Å². The largest absolute Gasteiger partial charge is 0.493 e. The predicted octanol–water partition coefficient (Wildman–Crippen LogP) is 3.46. The molecule has 0 atom stereocenters. The normalized spacial score (nSPS) is 12.3. The first-order chi connectivity index (χ1) is 12.6. The van der Waals surface area contributed by atoms with Gasteiger partial charge in [0.25, 0.3) is 5.56 Å². The Hall–Kier alpha value is -2.51. The molecule has 3 heterocycles. The van der Waals surface area contributed by atoms with Gasteiger partial charge in [0, 0.05) is 10.4 Å². The molecule has 7 heteroatoms. The van der Waals surface area contributed by atoms with Crippen LogP contribution in [0.4, 0.5) is 0 Å². The Morgan fingerprint density at radius 1 is 1.23 bits per heavy atom. The number of aromatic nitrogens is 3. The van der Waals surface area contributed by atoms with Crippen molar-refractivity contribution < 1.29 is 4.74 Å². The second kappa shape index (κ2) is 7.01. The lowest BCUT2D eigenvalue weighted by Crippen LogP contribution is -2.23. The minimum atomic E-state index is -0.131.